The number of aryl methyl sites for hydroxylation is 1. The van der Waals surface area contributed by atoms with Gasteiger partial charge in [0.1, 0.15) is 0 Å². The quantitative estimate of drug-likeness (QED) is 0.795. The van der Waals surface area contributed by atoms with E-state index in [1.54, 1.807) is 17.4 Å². The third kappa shape index (κ3) is 4.45. The zero-order valence-corrected chi connectivity index (χ0v) is 15.3. The summed E-state index contributed by atoms with van der Waals surface area (Å²) in [6, 6.07) is 1.89. The van der Waals surface area contributed by atoms with Crippen molar-refractivity contribution in [2.24, 2.45) is 0 Å². The maximum atomic E-state index is 12.6. The maximum Gasteiger partial charge on any atom is 0.241 e. The van der Waals surface area contributed by atoms with Gasteiger partial charge in [-0.15, -0.1) is 11.3 Å². The Bertz CT molecular complexity index is 569. The van der Waals surface area contributed by atoms with Crippen molar-refractivity contribution in [3.05, 3.63) is 15.8 Å². The lowest BCUT2D eigenvalue weighted by molar-refractivity contribution is 0.552. The van der Waals surface area contributed by atoms with E-state index in [2.05, 4.69) is 17.0 Å². The molecule has 2 unspecified atom stereocenters. The Labute approximate surface area is 136 Å². The van der Waals surface area contributed by atoms with Crippen LogP contribution in [0.3, 0.4) is 0 Å². The summed E-state index contributed by atoms with van der Waals surface area (Å²) in [6.45, 7) is 4.74. The van der Waals surface area contributed by atoms with Gasteiger partial charge in [-0.1, -0.05) is 6.92 Å². The highest BCUT2D eigenvalue weighted by atomic mass is 32.2. The summed E-state index contributed by atoms with van der Waals surface area (Å²) in [4.78, 5) is 2.37. The van der Waals surface area contributed by atoms with Gasteiger partial charge in [-0.25, -0.2) is 13.1 Å². The number of thioether (sulfide) groups is 1. The van der Waals surface area contributed by atoms with Gasteiger partial charge < -0.3 is 5.32 Å². The molecule has 2 rings (SSSR count). The first-order chi connectivity index (χ1) is 9.96. The second-order valence-electron chi connectivity index (χ2n) is 5.37. The van der Waals surface area contributed by atoms with Gasteiger partial charge in [0.25, 0.3) is 0 Å². The Morgan fingerprint density at radius 2 is 2.19 bits per heavy atom. The lowest BCUT2D eigenvalue weighted by atomic mass is 10.3. The molecule has 0 spiro atoms. The van der Waals surface area contributed by atoms with Crippen LogP contribution in [-0.2, 0) is 16.6 Å². The van der Waals surface area contributed by atoms with Crippen molar-refractivity contribution >= 4 is 33.1 Å². The van der Waals surface area contributed by atoms with Crippen molar-refractivity contribution in [2.75, 3.05) is 12.8 Å². The van der Waals surface area contributed by atoms with Crippen molar-refractivity contribution < 1.29 is 8.42 Å². The molecule has 0 radical (unpaired) electrons. The molecule has 1 aliphatic rings. The normalized spacial score (nSPS) is 22.8. The minimum atomic E-state index is -3.39. The summed E-state index contributed by atoms with van der Waals surface area (Å²) in [5.41, 5.74) is 0. The van der Waals surface area contributed by atoms with E-state index < -0.39 is 10.0 Å². The van der Waals surface area contributed by atoms with Gasteiger partial charge in [0.05, 0.1) is 4.90 Å². The number of nitrogens with one attached hydrogen (secondary N) is 2. The smallest absolute Gasteiger partial charge is 0.241 e. The molecule has 0 aliphatic heterocycles. The monoisotopic (exact) mass is 348 g/mol. The Morgan fingerprint density at radius 1 is 1.43 bits per heavy atom. The highest BCUT2D eigenvalue weighted by Crippen LogP contribution is 2.32. The zero-order chi connectivity index (χ0) is 15.5. The summed E-state index contributed by atoms with van der Waals surface area (Å²) in [5.74, 6) is 1.10. The summed E-state index contributed by atoms with van der Waals surface area (Å²) in [5, 5.41) is 3.66. The summed E-state index contributed by atoms with van der Waals surface area (Å²) < 4.78 is 28.0. The topological polar surface area (TPSA) is 58.2 Å². The van der Waals surface area contributed by atoms with Gasteiger partial charge in [0.2, 0.25) is 10.0 Å². The number of sulfonamides is 1. The summed E-state index contributed by atoms with van der Waals surface area (Å²) >= 11 is 3.48. The predicted octanol–water partition coefficient (Wildman–Crippen LogP) is 2.73. The van der Waals surface area contributed by atoms with E-state index in [0.29, 0.717) is 16.7 Å². The van der Waals surface area contributed by atoms with E-state index in [0.717, 1.165) is 34.8 Å². The van der Waals surface area contributed by atoms with E-state index in [9.17, 15) is 8.42 Å². The zero-order valence-electron chi connectivity index (χ0n) is 12.8. The molecule has 0 aromatic carbocycles. The molecule has 1 aliphatic carbocycles. The first-order valence-corrected chi connectivity index (χ1v) is 10.7. The largest absolute Gasteiger partial charge is 0.315 e. The molecule has 21 heavy (non-hydrogen) atoms. The maximum absolute atomic E-state index is 12.6. The SMILES string of the molecule is CCSC1CCC(NS(=O)(=O)c2cc(CNC)sc2C)C1. The number of thiophene rings is 1. The minimum Gasteiger partial charge on any atom is -0.315 e. The highest BCUT2D eigenvalue weighted by molar-refractivity contribution is 7.99. The molecule has 1 heterocycles. The molecule has 1 aromatic rings. The Kier molecular flexibility index (Phi) is 6.14. The average molecular weight is 349 g/mol. The fraction of sp³-hybridized carbons (Fsp3) is 0.714. The van der Waals surface area contributed by atoms with Crippen molar-refractivity contribution in [2.45, 2.75) is 55.8 Å². The molecule has 0 amide bonds. The van der Waals surface area contributed by atoms with E-state index in [-0.39, 0.29) is 6.04 Å². The predicted molar refractivity (Wildman–Crippen MR) is 91.7 cm³/mol. The molecule has 1 aromatic heterocycles. The van der Waals surface area contributed by atoms with Crippen LogP contribution in [0.15, 0.2) is 11.0 Å². The van der Waals surface area contributed by atoms with E-state index in [1.165, 1.54) is 0 Å². The van der Waals surface area contributed by atoms with Gasteiger partial charge in [0.15, 0.2) is 0 Å². The Hall–Kier alpha value is -0.0800. The summed E-state index contributed by atoms with van der Waals surface area (Å²) in [6.07, 6.45) is 3.01. The molecule has 120 valence electrons. The van der Waals surface area contributed by atoms with Crippen LogP contribution in [0, 0.1) is 6.92 Å². The van der Waals surface area contributed by atoms with E-state index in [1.807, 2.05) is 25.7 Å². The van der Waals surface area contributed by atoms with Crippen molar-refractivity contribution in [3.63, 3.8) is 0 Å². The minimum absolute atomic E-state index is 0.0890. The standard InChI is InChI=1S/C14H24N2O2S3/c1-4-19-12-6-5-11(7-12)16-21(17,18)14-8-13(9-15-3)20-10(14)2/h8,11-12,15-16H,4-7,9H2,1-3H3. The van der Waals surface area contributed by atoms with Crippen molar-refractivity contribution in [1.29, 1.82) is 0 Å². The Balaban J connectivity index is 2.05. The van der Waals surface area contributed by atoms with Gasteiger partial charge in [-0.2, -0.15) is 11.8 Å². The van der Waals surface area contributed by atoms with Crippen LogP contribution < -0.4 is 10.0 Å². The van der Waals surface area contributed by atoms with E-state index in [4.69, 9.17) is 0 Å². The third-order valence-electron chi connectivity index (χ3n) is 3.67. The van der Waals surface area contributed by atoms with Gasteiger partial charge in [-0.05, 0) is 45.1 Å². The van der Waals surface area contributed by atoms with Crippen LogP contribution >= 0.6 is 23.1 Å². The van der Waals surface area contributed by atoms with Crippen LogP contribution in [0.1, 0.15) is 35.9 Å². The first-order valence-electron chi connectivity index (χ1n) is 7.34. The van der Waals surface area contributed by atoms with E-state index >= 15 is 0 Å². The lowest BCUT2D eigenvalue weighted by Crippen LogP contribution is -2.33. The van der Waals surface area contributed by atoms with Crippen LogP contribution in [-0.4, -0.2) is 32.5 Å². The second-order valence-corrected chi connectivity index (χ2v) is 9.97. The molecule has 0 bridgehead atoms. The van der Waals surface area contributed by atoms with Crippen molar-refractivity contribution in [3.8, 4) is 0 Å². The van der Waals surface area contributed by atoms with Crippen molar-refractivity contribution in [1.82, 2.24) is 10.0 Å². The number of hydrogen-bond donors (Lipinski definition) is 2. The van der Waals surface area contributed by atoms with Crippen LogP contribution in [0.25, 0.3) is 0 Å². The Morgan fingerprint density at radius 3 is 2.86 bits per heavy atom. The molecule has 2 atom stereocenters. The molecule has 1 saturated carbocycles. The third-order valence-corrected chi connectivity index (χ3v) is 7.73. The molecular formula is C14H24N2O2S3. The molecular weight excluding hydrogens is 324 g/mol. The van der Waals surface area contributed by atoms with Crippen LogP contribution in [0.5, 0.6) is 0 Å². The van der Waals surface area contributed by atoms with Gasteiger partial charge in [0, 0.05) is 27.6 Å². The lowest BCUT2D eigenvalue weighted by Gasteiger charge is -2.13. The van der Waals surface area contributed by atoms with Crippen LogP contribution in [0.4, 0.5) is 0 Å². The molecule has 4 nitrogen and oxygen atoms in total. The molecule has 7 heteroatoms. The average Bonchev–Trinajstić information content (AvgIpc) is 2.97. The fourth-order valence-corrected chi connectivity index (χ4v) is 6.84. The fourth-order valence-electron chi connectivity index (χ4n) is 2.77. The number of hydrogen-bond acceptors (Lipinski definition) is 5. The highest BCUT2D eigenvalue weighted by Gasteiger charge is 2.29. The van der Waals surface area contributed by atoms with Gasteiger partial charge >= 0.3 is 0 Å². The summed E-state index contributed by atoms with van der Waals surface area (Å²) in [7, 11) is -1.52. The molecule has 2 N–H and O–H groups in total. The van der Waals surface area contributed by atoms with Gasteiger partial charge in [-0.3, -0.25) is 0 Å². The van der Waals surface area contributed by atoms with Crippen LogP contribution in [0.2, 0.25) is 0 Å². The molecule has 1 fully saturated rings. The second kappa shape index (κ2) is 7.46. The number of rotatable bonds is 7. The first kappa shape index (κ1) is 17.3. The molecule has 0 saturated heterocycles.